The van der Waals surface area contributed by atoms with Gasteiger partial charge in [-0.2, -0.15) is 0 Å². The Bertz CT molecular complexity index is 1150. The highest BCUT2D eigenvalue weighted by molar-refractivity contribution is 5.96. The van der Waals surface area contributed by atoms with Crippen molar-refractivity contribution in [3.05, 3.63) is 41.7 Å². The van der Waals surface area contributed by atoms with E-state index in [-0.39, 0.29) is 17.1 Å². The summed E-state index contributed by atoms with van der Waals surface area (Å²) in [4.78, 5) is 37.9. The number of nitrogens with one attached hydrogen (secondary N) is 2. The smallest absolute Gasteiger partial charge is 0.317 e. The molecule has 1 saturated carbocycles. The largest absolute Gasteiger partial charge is 0.364 e. The highest BCUT2D eigenvalue weighted by Gasteiger charge is 2.37. The van der Waals surface area contributed by atoms with E-state index >= 15 is 0 Å². The van der Waals surface area contributed by atoms with E-state index in [9.17, 15) is 9.59 Å². The Hall–Kier alpha value is -3.40. The first-order valence-corrected chi connectivity index (χ1v) is 14.3. The van der Waals surface area contributed by atoms with Gasteiger partial charge in [0.15, 0.2) is 11.5 Å². The van der Waals surface area contributed by atoms with Gasteiger partial charge in [-0.15, -0.1) is 0 Å². The van der Waals surface area contributed by atoms with Crippen LogP contribution in [0.2, 0.25) is 0 Å². The number of nitrogens with two attached hydrogens (primary N) is 1. The maximum atomic E-state index is 11.9. The molecule has 1 aromatic carbocycles. The van der Waals surface area contributed by atoms with Gasteiger partial charge in [0, 0.05) is 45.0 Å². The minimum Gasteiger partial charge on any atom is -0.364 e. The van der Waals surface area contributed by atoms with Crippen LogP contribution < -0.4 is 21.3 Å². The highest BCUT2D eigenvalue weighted by atomic mass is 16.2. The predicted molar refractivity (Wildman–Crippen MR) is 154 cm³/mol. The number of nitrogens with zero attached hydrogens (tertiary/aromatic N) is 5. The summed E-state index contributed by atoms with van der Waals surface area (Å²) in [5, 5.41) is 5.95. The lowest BCUT2D eigenvalue weighted by atomic mass is 9.74. The molecule has 0 radical (unpaired) electrons. The molecule has 1 aromatic heterocycles. The number of carbonyl (C=O) groups is 2. The lowest BCUT2D eigenvalue weighted by Crippen LogP contribution is -2.41. The van der Waals surface area contributed by atoms with Gasteiger partial charge in [-0.05, 0) is 81.1 Å². The third-order valence-corrected chi connectivity index (χ3v) is 8.55. The number of anilines is 3. The summed E-state index contributed by atoms with van der Waals surface area (Å²) >= 11 is 0. The molecule has 0 unspecified atom stereocenters. The van der Waals surface area contributed by atoms with Gasteiger partial charge in [-0.1, -0.05) is 19.1 Å². The van der Waals surface area contributed by atoms with Crippen LogP contribution in [0, 0.1) is 0 Å². The topological polar surface area (TPSA) is 120 Å². The number of urea groups is 1. The van der Waals surface area contributed by atoms with Crippen LogP contribution in [0.1, 0.15) is 67.9 Å². The molecule has 3 saturated heterocycles. The number of hydrogen-bond acceptors (Lipinski definition) is 7. The van der Waals surface area contributed by atoms with Crippen LogP contribution in [-0.4, -0.2) is 84.1 Å². The second-order valence-electron chi connectivity index (χ2n) is 11.5. The monoisotopic (exact) mass is 534 g/mol. The zero-order chi connectivity index (χ0) is 27.4. The van der Waals surface area contributed by atoms with Gasteiger partial charge in [0.2, 0.25) is 0 Å². The molecule has 4 N–H and O–H groups in total. The van der Waals surface area contributed by atoms with Crippen molar-refractivity contribution in [2.45, 2.75) is 63.3 Å². The van der Waals surface area contributed by atoms with E-state index in [2.05, 4.69) is 56.6 Å². The van der Waals surface area contributed by atoms with Crippen LogP contribution in [0.4, 0.5) is 22.1 Å². The Morgan fingerprint density at radius 1 is 1.05 bits per heavy atom. The number of primary amides is 1. The van der Waals surface area contributed by atoms with Crippen LogP contribution in [0.15, 0.2) is 30.5 Å². The molecule has 0 spiro atoms. The van der Waals surface area contributed by atoms with Crippen molar-refractivity contribution in [3.8, 4) is 0 Å². The first-order chi connectivity index (χ1) is 18.8. The number of rotatable bonds is 6. The molecule has 10 nitrogen and oxygen atoms in total. The molecule has 10 heteroatoms. The first kappa shape index (κ1) is 27.2. The predicted octanol–water partition coefficient (Wildman–Crippen LogP) is 3.47. The van der Waals surface area contributed by atoms with Gasteiger partial charge in [0.25, 0.3) is 5.91 Å². The summed E-state index contributed by atoms with van der Waals surface area (Å²) in [5.41, 5.74) is 8.23. The molecule has 3 aliphatic heterocycles. The average molecular weight is 535 g/mol. The van der Waals surface area contributed by atoms with Crippen LogP contribution in [0.3, 0.4) is 0 Å². The third-order valence-electron chi connectivity index (χ3n) is 8.55. The van der Waals surface area contributed by atoms with Crippen LogP contribution in [-0.2, 0) is 5.41 Å². The Labute approximate surface area is 231 Å². The fourth-order valence-corrected chi connectivity index (χ4v) is 5.69. The number of piperidine rings is 2. The lowest BCUT2D eigenvalue weighted by Gasteiger charge is -2.40. The molecular formula is C29H42N8O2. The maximum Gasteiger partial charge on any atom is 0.317 e. The standard InChI is InChI=1S/C25H34N6O.C4H8N2O/c1-25(11-15-30(16-12-25)20-9-10-20)18-5-7-19(8-6-18)28-24-22(23(26)32)27-17-21(29-24)31-13-3-2-4-14-31;1-6-3-2-5-4(6)7/h5-8,17,20H,2-4,9-16H2,1H3,(H2,26,32)(H,28,29);2-3H2,1H3,(H,5,7). The Morgan fingerprint density at radius 3 is 2.28 bits per heavy atom. The summed E-state index contributed by atoms with van der Waals surface area (Å²) in [7, 11) is 1.78. The molecule has 39 heavy (non-hydrogen) atoms. The van der Waals surface area contributed by atoms with Gasteiger partial charge in [-0.3, -0.25) is 4.79 Å². The Kier molecular flexibility index (Phi) is 8.20. The molecule has 6 rings (SSSR count). The molecule has 1 aliphatic carbocycles. The highest BCUT2D eigenvalue weighted by Crippen LogP contribution is 2.39. The minimum atomic E-state index is -0.572. The third kappa shape index (κ3) is 6.61. The van der Waals surface area contributed by atoms with Crippen molar-refractivity contribution in [2.75, 3.05) is 56.5 Å². The van der Waals surface area contributed by atoms with E-state index in [1.807, 2.05) is 0 Å². The van der Waals surface area contributed by atoms with Gasteiger partial charge in [-0.25, -0.2) is 14.8 Å². The van der Waals surface area contributed by atoms with Crippen LogP contribution in [0.5, 0.6) is 0 Å². The summed E-state index contributed by atoms with van der Waals surface area (Å²) in [6.45, 7) is 8.36. The Morgan fingerprint density at radius 2 is 1.74 bits per heavy atom. The number of hydrogen-bond donors (Lipinski definition) is 3. The minimum absolute atomic E-state index is 0.0417. The van der Waals surface area contributed by atoms with Crippen molar-refractivity contribution in [3.63, 3.8) is 0 Å². The van der Waals surface area contributed by atoms with Crippen molar-refractivity contribution in [1.29, 1.82) is 0 Å². The quantitative estimate of drug-likeness (QED) is 0.519. The SMILES string of the molecule is CC1(c2ccc(Nc3nc(N4CCCCC4)cnc3C(N)=O)cc2)CCN(C2CC2)CC1.CN1CCNC1=O. The second kappa shape index (κ2) is 11.8. The number of amides is 3. The molecule has 3 amide bonds. The fraction of sp³-hybridized carbons (Fsp3) is 0.586. The van der Waals surface area contributed by atoms with Crippen molar-refractivity contribution in [2.24, 2.45) is 5.73 Å². The number of likely N-dealkylation sites (tertiary alicyclic amines) is 1. The number of carbonyl (C=O) groups excluding carboxylic acids is 2. The summed E-state index contributed by atoms with van der Waals surface area (Å²) in [6.07, 6.45) is 10.4. The van der Waals surface area contributed by atoms with Crippen molar-refractivity contribution < 1.29 is 9.59 Å². The molecule has 4 heterocycles. The Balaban J connectivity index is 0.000000384. The lowest BCUT2D eigenvalue weighted by molar-refractivity contribution is 0.0996. The van der Waals surface area contributed by atoms with Gasteiger partial charge in [0.1, 0.15) is 5.82 Å². The van der Waals surface area contributed by atoms with Crippen molar-refractivity contribution >= 4 is 29.3 Å². The zero-order valence-electron chi connectivity index (χ0n) is 23.3. The number of aromatic nitrogens is 2. The molecule has 0 atom stereocenters. The molecule has 0 bridgehead atoms. The average Bonchev–Trinajstić information content (AvgIpc) is 3.73. The molecule has 4 fully saturated rings. The second-order valence-corrected chi connectivity index (χ2v) is 11.5. The van der Waals surface area contributed by atoms with Crippen molar-refractivity contribution in [1.82, 2.24) is 25.1 Å². The summed E-state index contributed by atoms with van der Waals surface area (Å²) in [6, 6.07) is 9.47. The fourth-order valence-electron chi connectivity index (χ4n) is 5.69. The van der Waals surface area contributed by atoms with Gasteiger partial charge >= 0.3 is 6.03 Å². The zero-order valence-corrected chi connectivity index (χ0v) is 23.3. The molecule has 4 aliphatic rings. The van der Waals surface area contributed by atoms with Gasteiger partial charge in [0.05, 0.1) is 6.20 Å². The molecule has 210 valence electrons. The van der Waals surface area contributed by atoms with Crippen LogP contribution in [0.25, 0.3) is 0 Å². The van der Waals surface area contributed by atoms with E-state index in [0.717, 1.165) is 56.6 Å². The summed E-state index contributed by atoms with van der Waals surface area (Å²) < 4.78 is 0. The van der Waals surface area contributed by atoms with E-state index in [0.29, 0.717) is 5.82 Å². The first-order valence-electron chi connectivity index (χ1n) is 14.3. The normalized spacial score (nSPS) is 21.1. The molecular weight excluding hydrogens is 492 g/mol. The van der Waals surface area contributed by atoms with Gasteiger partial charge < -0.3 is 31.1 Å². The number of benzene rings is 1. The summed E-state index contributed by atoms with van der Waals surface area (Å²) in [5.74, 6) is 0.651. The van der Waals surface area contributed by atoms with E-state index in [4.69, 9.17) is 10.7 Å². The number of likely N-dealkylation sites (N-methyl/N-ethyl adjacent to an activating group) is 1. The van der Waals surface area contributed by atoms with E-state index in [1.165, 1.54) is 50.8 Å². The van der Waals surface area contributed by atoms with E-state index in [1.54, 1.807) is 18.1 Å². The van der Waals surface area contributed by atoms with Crippen LogP contribution >= 0.6 is 0 Å². The van der Waals surface area contributed by atoms with E-state index < -0.39 is 5.91 Å². The maximum absolute atomic E-state index is 11.9. The molecule has 2 aromatic rings.